The zero-order valence-electron chi connectivity index (χ0n) is 8.88. The summed E-state index contributed by atoms with van der Waals surface area (Å²) in [5.74, 6) is -0.101. The van der Waals surface area contributed by atoms with Crippen LogP contribution in [0.15, 0.2) is 18.2 Å². The summed E-state index contributed by atoms with van der Waals surface area (Å²) in [4.78, 5) is 15.8. The Kier molecular flexibility index (Phi) is 3.02. The van der Waals surface area contributed by atoms with Crippen LogP contribution in [-0.4, -0.2) is 13.0 Å². The van der Waals surface area contributed by atoms with E-state index >= 15 is 0 Å². The number of hydroxylamine groups is 1. The summed E-state index contributed by atoms with van der Waals surface area (Å²) in [6.07, 6.45) is 3.96. The molecule has 1 aliphatic rings. The zero-order chi connectivity index (χ0) is 10.7. The summed E-state index contributed by atoms with van der Waals surface area (Å²) in [5, 5.41) is 0. The first-order valence-corrected chi connectivity index (χ1v) is 5.22. The minimum atomic E-state index is -0.101. The SMILES string of the molecule is CONC(=O)Cc1ccc2c(c1)CCC2. The summed E-state index contributed by atoms with van der Waals surface area (Å²) in [7, 11) is 1.45. The Balaban J connectivity index is 2.06. The number of amides is 1. The van der Waals surface area contributed by atoms with Crippen LogP contribution in [0.3, 0.4) is 0 Å². The molecule has 15 heavy (non-hydrogen) atoms. The number of benzene rings is 1. The van der Waals surface area contributed by atoms with Crippen molar-refractivity contribution < 1.29 is 9.63 Å². The zero-order valence-corrected chi connectivity index (χ0v) is 8.88. The topological polar surface area (TPSA) is 38.3 Å². The molecule has 0 atom stereocenters. The normalized spacial score (nSPS) is 13.7. The average molecular weight is 205 g/mol. The molecule has 0 unspecified atom stereocenters. The summed E-state index contributed by atoms with van der Waals surface area (Å²) in [6, 6.07) is 6.30. The molecule has 3 nitrogen and oxygen atoms in total. The number of carbonyl (C=O) groups excluding carboxylic acids is 1. The van der Waals surface area contributed by atoms with Gasteiger partial charge in [0.05, 0.1) is 13.5 Å². The van der Waals surface area contributed by atoms with Crippen molar-refractivity contribution >= 4 is 5.91 Å². The molecule has 0 radical (unpaired) electrons. The van der Waals surface area contributed by atoms with Crippen LogP contribution in [-0.2, 0) is 28.9 Å². The van der Waals surface area contributed by atoms with Gasteiger partial charge in [-0.3, -0.25) is 9.63 Å². The first-order chi connectivity index (χ1) is 7.29. The standard InChI is InChI=1S/C12H15NO2/c1-15-13-12(14)8-9-5-6-10-3-2-4-11(10)7-9/h5-7H,2-4,8H2,1H3,(H,13,14). The van der Waals surface area contributed by atoms with Crippen molar-refractivity contribution in [3.8, 4) is 0 Å². The number of hydrogen-bond donors (Lipinski definition) is 1. The molecule has 1 amide bonds. The maximum atomic E-state index is 11.3. The van der Waals surface area contributed by atoms with Crippen LogP contribution < -0.4 is 5.48 Å². The molecule has 0 saturated heterocycles. The molecule has 0 fully saturated rings. The fraction of sp³-hybridized carbons (Fsp3) is 0.417. The summed E-state index contributed by atoms with van der Waals surface area (Å²) in [5.41, 5.74) is 6.22. The van der Waals surface area contributed by atoms with Gasteiger partial charge in [0, 0.05) is 0 Å². The van der Waals surface area contributed by atoms with Gasteiger partial charge in [-0.15, -0.1) is 0 Å². The van der Waals surface area contributed by atoms with Crippen LogP contribution in [0.25, 0.3) is 0 Å². The van der Waals surface area contributed by atoms with E-state index in [9.17, 15) is 4.79 Å². The van der Waals surface area contributed by atoms with Gasteiger partial charge in [-0.1, -0.05) is 18.2 Å². The third kappa shape index (κ3) is 2.36. The molecular weight excluding hydrogens is 190 g/mol. The number of rotatable bonds is 3. The molecule has 1 aliphatic carbocycles. The summed E-state index contributed by atoms with van der Waals surface area (Å²) in [6.45, 7) is 0. The highest BCUT2D eigenvalue weighted by Gasteiger charge is 2.11. The fourth-order valence-corrected chi connectivity index (χ4v) is 2.07. The molecule has 80 valence electrons. The molecule has 3 heteroatoms. The van der Waals surface area contributed by atoms with Crippen LogP contribution >= 0.6 is 0 Å². The van der Waals surface area contributed by atoms with Crippen LogP contribution in [0.4, 0.5) is 0 Å². The molecule has 1 aromatic rings. The van der Waals surface area contributed by atoms with E-state index < -0.39 is 0 Å². The Morgan fingerprint density at radius 2 is 2.20 bits per heavy atom. The van der Waals surface area contributed by atoms with Gasteiger partial charge in [-0.05, 0) is 36.0 Å². The Hall–Kier alpha value is -1.35. The summed E-state index contributed by atoms with van der Waals surface area (Å²) >= 11 is 0. The minimum Gasteiger partial charge on any atom is -0.277 e. The van der Waals surface area contributed by atoms with Gasteiger partial charge >= 0.3 is 0 Å². The molecule has 0 bridgehead atoms. The lowest BCUT2D eigenvalue weighted by molar-refractivity contribution is -0.130. The van der Waals surface area contributed by atoms with Gasteiger partial charge in [-0.25, -0.2) is 5.48 Å². The van der Waals surface area contributed by atoms with Crippen LogP contribution in [0, 0.1) is 0 Å². The monoisotopic (exact) mass is 205 g/mol. The Bertz CT molecular complexity index is 374. The molecule has 0 aromatic heterocycles. The number of carbonyl (C=O) groups is 1. The van der Waals surface area contributed by atoms with Crippen molar-refractivity contribution in [3.05, 3.63) is 34.9 Å². The van der Waals surface area contributed by atoms with E-state index in [1.54, 1.807) is 0 Å². The molecule has 1 N–H and O–H groups in total. The first kappa shape index (κ1) is 10.2. The largest absolute Gasteiger partial charge is 0.277 e. The van der Waals surface area contributed by atoms with E-state index in [0.29, 0.717) is 6.42 Å². The quantitative estimate of drug-likeness (QED) is 0.757. The van der Waals surface area contributed by atoms with Crippen molar-refractivity contribution in [1.82, 2.24) is 5.48 Å². The van der Waals surface area contributed by atoms with Gasteiger partial charge in [0.15, 0.2) is 0 Å². The number of aryl methyl sites for hydroxylation is 2. The predicted octanol–water partition coefficient (Wildman–Crippen LogP) is 1.40. The van der Waals surface area contributed by atoms with Crippen LogP contribution in [0.1, 0.15) is 23.1 Å². The van der Waals surface area contributed by atoms with E-state index in [4.69, 9.17) is 0 Å². The molecule has 0 saturated carbocycles. The maximum absolute atomic E-state index is 11.3. The fourth-order valence-electron chi connectivity index (χ4n) is 2.07. The minimum absolute atomic E-state index is 0.101. The molecule has 0 spiro atoms. The molecule has 1 aromatic carbocycles. The second kappa shape index (κ2) is 4.45. The van der Waals surface area contributed by atoms with Crippen molar-refractivity contribution in [3.63, 3.8) is 0 Å². The third-order valence-electron chi connectivity index (χ3n) is 2.74. The third-order valence-corrected chi connectivity index (χ3v) is 2.74. The van der Waals surface area contributed by atoms with Crippen LogP contribution in [0.5, 0.6) is 0 Å². The van der Waals surface area contributed by atoms with Crippen LogP contribution in [0.2, 0.25) is 0 Å². The van der Waals surface area contributed by atoms with E-state index in [1.807, 2.05) is 6.07 Å². The van der Waals surface area contributed by atoms with Gasteiger partial charge in [0.2, 0.25) is 5.91 Å². The van der Waals surface area contributed by atoms with Gasteiger partial charge in [0.25, 0.3) is 0 Å². The van der Waals surface area contributed by atoms with Crippen molar-refractivity contribution in [2.45, 2.75) is 25.7 Å². The van der Waals surface area contributed by atoms with E-state index in [1.165, 1.54) is 31.1 Å². The average Bonchev–Trinajstić information content (AvgIpc) is 2.65. The van der Waals surface area contributed by atoms with E-state index in [0.717, 1.165) is 12.0 Å². The van der Waals surface area contributed by atoms with E-state index in [-0.39, 0.29) is 5.91 Å². The van der Waals surface area contributed by atoms with Gasteiger partial charge in [-0.2, -0.15) is 0 Å². The second-order valence-corrected chi connectivity index (χ2v) is 3.86. The predicted molar refractivity (Wildman–Crippen MR) is 57.3 cm³/mol. The Morgan fingerprint density at radius 3 is 3.00 bits per heavy atom. The number of fused-ring (bicyclic) bond motifs is 1. The van der Waals surface area contributed by atoms with Crippen molar-refractivity contribution in [2.24, 2.45) is 0 Å². The highest BCUT2D eigenvalue weighted by Crippen LogP contribution is 2.22. The van der Waals surface area contributed by atoms with Crippen molar-refractivity contribution in [2.75, 3.05) is 7.11 Å². The molecule has 0 heterocycles. The lowest BCUT2D eigenvalue weighted by Gasteiger charge is -2.04. The Morgan fingerprint density at radius 1 is 1.40 bits per heavy atom. The molecule has 0 aliphatic heterocycles. The van der Waals surface area contributed by atoms with Gasteiger partial charge < -0.3 is 0 Å². The maximum Gasteiger partial charge on any atom is 0.247 e. The second-order valence-electron chi connectivity index (χ2n) is 3.86. The molecule has 2 rings (SSSR count). The highest BCUT2D eigenvalue weighted by atomic mass is 16.6. The van der Waals surface area contributed by atoms with Gasteiger partial charge in [0.1, 0.15) is 0 Å². The highest BCUT2D eigenvalue weighted by molar-refractivity contribution is 5.77. The Labute approximate surface area is 89.4 Å². The lowest BCUT2D eigenvalue weighted by atomic mass is 10.0. The van der Waals surface area contributed by atoms with Crippen molar-refractivity contribution in [1.29, 1.82) is 0 Å². The number of hydrogen-bond acceptors (Lipinski definition) is 2. The first-order valence-electron chi connectivity index (χ1n) is 5.22. The van der Waals surface area contributed by atoms with E-state index in [2.05, 4.69) is 22.5 Å². The molecular formula is C12H15NO2. The lowest BCUT2D eigenvalue weighted by Crippen LogP contribution is -2.23. The summed E-state index contributed by atoms with van der Waals surface area (Å²) < 4.78 is 0. The number of nitrogens with one attached hydrogen (secondary N) is 1. The smallest absolute Gasteiger partial charge is 0.247 e.